The summed E-state index contributed by atoms with van der Waals surface area (Å²) in [5.74, 6) is 0. The van der Waals surface area contributed by atoms with E-state index in [1.807, 2.05) is 25.5 Å². The number of carbonyl (C=O) groups is 1. The van der Waals surface area contributed by atoms with Gasteiger partial charge in [0.1, 0.15) is 6.07 Å². The molecular weight excluding hydrogens is 332 g/mol. The molecule has 5 nitrogen and oxygen atoms in total. The maximum atomic E-state index is 12.0. The van der Waals surface area contributed by atoms with Crippen LogP contribution in [0.1, 0.15) is 17.2 Å². The number of hydrogen-bond acceptors (Lipinski definition) is 4. The van der Waals surface area contributed by atoms with Gasteiger partial charge in [0.25, 0.3) is 0 Å². The van der Waals surface area contributed by atoms with Gasteiger partial charge in [-0.2, -0.15) is 16.6 Å². The van der Waals surface area contributed by atoms with Crippen molar-refractivity contribution in [3.8, 4) is 6.07 Å². The van der Waals surface area contributed by atoms with Crippen LogP contribution in [0.25, 0.3) is 0 Å². The second kappa shape index (κ2) is 7.97. The highest BCUT2D eigenvalue weighted by Crippen LogP contribution is 2.21. The lowest BCUT2D eigenvalue weighted by atomic mass is 10.1. The van der Waals surface area contributed by atoms with Gasteiger partial charge < -0.3 is 15.5 Å². The molecule has 0 saturated carbocycles. The summed E-state index contributed by atoms with van der Waals surface area (Å²) in [4.78, 5) is 14.1. The Bertz CT molecular complexity index is 709. The summed E-state index contributed by atoms with van der Waals surface area (Å²) in [7, 11) is 3.95. The van der Waals surface area contributed by atoms with Gasteiger partial charge in [0.15, 0.2) is 0 Å². The molecule has 23 heavy (non-hydrogen) atoms. The standard InChI is InChI=1S/C16H17ClN4OS/c1-21(2)15(12-5-6-23-10-12)9-19-16(22)20-13-4-3-11(8-18)14(17)7-13/h3-7,10,15H,9H2,1-2H3,(H2,19,20,22). The molecule has 2 aromatic rings. The number of rotatable bonds is 5. The molecule has 120 valence electrons. The molecule has 1 aromatic heterocycles. The van der Waals surface area contributed by atoms with E-state index in [2.05, 4.69) is 27.0 Å². The summed E-state index contributed by atoms with van der Waals surface area (Å²) in [5.41, 5.74) is 2.09. The van der Waals surface area contributed by atoms with Crippen LogP contribution < -0.4 is 10.6 Å². The van der Waals surface area contributed by atoms with Crippen molar-refractivity contribution in [3.05, 3.63) is 51.2 Å². The zero-order valence-corrected chi connectivity index (χ0v) is 14.4. The quantitative estimate of drug-likeness (QED) is 0.865. The number of carbonyl (C=O) groups excluding carboxylic acids is 1. The van der Waals surface area contributed by atoms with Crippen LogP contribution in [0.3, 0.4) is 0 Å². The Morgan fingerprint density at radius 3 is 2.78 bits per heavy atom. The lowest BCUT2D eigenvalue weighted by molar-refractivity contribution is 0.243. The predicted molar refractivity (Wildman–Crippen MR) is 93.9 cm³/mol. The zero-order valence-electron chi connectivity index (χ0n) is 12.8. The van der Waals surface area contributed by atoms with Crippen molar-refractivity contribution in [1.29, 1.82) is 5.26 Å². The van der Waals surface area contributed by atoms with E-state index in [0.717, 1.165) is 0 Å². The molecule has 7 heteroatoms. The summed E-state index contributed by atoms with van der Waals surface area (Å²) in [6, 6.07) is 8.60. The van der Waals surface area contributed by atoms with E-state index >= 15 is 0 Å². The molecule has 1 aromatic carbocycles. The summed E-state index contributed by atoms with van der Waals surface area (Å²) in [5, 5.41) is 18.8. The molecule has 2 amide bonds. The van der Waals surface area contributed by atoms with Crippen LogP contribution in [0.15, 0.2) is 35.0 Å². The average molecular weight is 349 g/mol. The van der Waals surface area contributed by atoms with E-state index in [1.165, 1.54) is 5.56 Å². The lowest BCUT2D eigenvalue weighted by Crippen LogP contribution is -2.36. The molecule has 1 atom stereocenters. The number of nitrogens with zero attached hydrogens (tertiary/aromatic N) is 2. The van der Waals surface area contributed by atoms with Crippen LogP contribution in [0.4, 0.5) is 10.5 Å². The minimum atomic E-state index is -0.312. The van der Waals surface area contributed by atoms with Crippen LogP contribution in [-0.4, -0.2) is 31.6 Å². The first-order valence-electron chi connectivity index (χ1n) is 6.94. The second-order valence-electron chi connectivity index (χ2n) is 5.18. The van der Waals surface area contributed by atoms with Gasteiger partial charge >= 0.3 is 6.03 Å². The molecule has 0 bridgehead atoms. The summed E-state index contributed by atoms with van der Waals surface area (Å²) < 4.78 is 0. The SMILES string of the molecule is CN(C)C(CNC(=O)Nc1ccc(C#N)c(Cl)c1)c1ccsc1. The van der Waals surface area contributed by atoms with Crippen molar-refractivity contribution >= 4 is 34.7 Å². The number of nitrogens with one attached hydrogen (secondary N) is 2. The van der Waals surface area contributed by atoms with Crippen LogP contribution in [0.2, 0.25) is 5.02 Å². The predicted octanol–water partition coefficient (Wildman–Crippen LogP) is 3.70. The second-order valence-corrected chi connectivity index (χ2v) is 6.36. The molecule has 0 fully saturated rings. The number of benzene rings is 1. The topological polar surface area (TPSA) is 68.2 Å². The molecule has 1 unspecified atom stereocenters. The number of thiophene rings is 1. The lowest BCUT2D eigenvalue weighted by Gasteiger charge is -2.24. The van der Waals surface area contributed by atoms with E-state index in [0.29, 0.717) is 22.8 Å². The minimum absolute atomic E-state index is 0.108. The normalized spacial score (nSPS) is 11.8. The fraction of sp³-hybridized carbons (Fsp3) is 0.250. The van der Waals surface area contributed by atoms with Crippen molar-refractivity contribution in [2.75, 3.05) is 26.0 Å². The van der Waals surface area contributed by atoms with Gasteiger partial charge in [0, 0.05) is 12.2 Å². The molecule has 0 aliphatic heterocycles. The Morgan fingerprint density at radius 1 is 1.43 bits per heavy atom. The van der Waals surface area contributed by atoms with Gasteiger partial charge in [-0.15, -0.1) is 0 Å². The molecule has 2 rings (SSSR count). The van der Waals surface area contributed by atoms with E-state index in [4.69, 9.17) is 16.9 Å². The van der Waals surface area contributed by atoms with E-state index < -0.39 is 0 Å². The summed E-state index contributed by atoms with van der Waals surface area (Å²) in [6.45, 7) is 0.486. The van der Waals surface area contributed by atoms with E-state index in [9.17, 15) is 4.79 Å². The maximum Gasteiger partial charge on any atom is 0.319 e. The molecule has 0 saturated heterocycles. The third kappa shape index (κ3) is 4.70. The Labute approximate surface area is 144 Å². The highest BCUT2D eigenvalue weighted by Gasteiger charge is 2.15. The van der Waals surface area contributed by atoms with Crippen LogP contribution in [-0.2, 0) is 0 Å². The molecule has 1 heterocycles. The van der Waals surface area contributed by atoms with Gasteiger partial charge in [-0.1, -0.05) is 11.6 Å². The van der Waals surface area contributed by atoms with Crippen molar-refractivity contribution in [3.63, 3.8) is 0 Å². The fourth-order valence-corrected chi connectivity index (χ4v) is 3.04. The molecule has 0 aliphatic carbocycles. The summed E-state index contributed by atoms with van der Waals surface area (Å²) >= 11 is 7.58. The van der Waals surface area contributed by atoms with Crippen molar-refractivity contribution in [1.82, 2.24) is 10.2 Å². The largest absolute Gasteiger partial charge is 0.336 e. The first-order valence-corrected chi connectivity index (χ1v) is 8.26. The third-order valence-corrected chi connectivity index (χ3v) is 4.37. The Kier molecular flexibility index (Phi) is 5.99. The monoisotopic (exact) mass is 348 g/mol. The van der Waals surface area contributed by atoms with E-state index in [-0.39, 0.29) is 12.1 Å². The number of halogens is 1. The zero-order chi connectivity index (χ0) is 16.8. The average Bonchev–Trinajstić information content (AvgIpc) is 3.01. The molecule has 2 N–H and O–H groups in total. The smallest absolute Gasteiger partial charge is 0.319 e. The number of amides is 2. The number of nitriles is 1. The third-order valence-electron chi connectivity index (χ3n) is 3.35. The van der Waals surface area contributed by atoms with Crippen molar-refractivity contribution < 1.29 is 4.79 Å². The highest BCUT2D eigenvalue weighted by molar-refractivity contribution is 7.07. The van der Waals surface area contributed by atoms with Gasteiger partial charge in [-0.05, 0) is 54.7 Å². The Morgan fingerprint density at radius 2 is 2.22 bits per heavy atom. The molecular formula is C16H17ClN4OS. The number of hydrogen-bond donors (Lipinski definition) is 2. The van der Waals surface area contributed by atoms with Gasteiger partial charge in [0.2, 0.25) is 0 Å². The fourth-order valence-electron chi connectivity index (χ4n) is 2.11. The van der Waals surface area contributed by atoms with Crippen LogP contribution in [0.5, 0.6) is 0 Å². The first-order chi connectivity index (χ1) is 11.0. The van der Waals surface area contributed by atoms with Crippen LogP contribution >= 0.6 is 22.9 Å². The van der Waals surface area contributed by atoms with Gasteiger partial charge in [0.05, 0.1) is 16.6 Å². The number of urea groups is 1. The first kappa shape index (κ1) is 17.3. The Balaban J connectivity index is 1.94. The van der Waals surface area contributed by atoms with Crippen molar-refractivity contribution in [2.45, 2.75) is 6.04 Å². The number of likely N-dealkylation sites (N-methyl/N-ethyl adjacent to an activating group) is 1. The Hall–Kier alpha value is -2.07. The molecule has 0 aliphatic rings. The highest BCUT2D eigenvalue weighted by atomic mass is 35.5. The van der Waals surface area contributed by atoms with E-state index in [1.54, 1.807) is 29.5 Å². The van der Waals surface area contributed by atoms with Crippen LogP contribution in [0, 0.1) is 11.3 Å². The number of anilines is 1. The molecule has 0 spiro atoms. The molecule has 0 radical (unpaired) electrons. The van der Waals surface area contributed by atoms with Gasteiger partial charge in [-0.3, -0.25) is 0 Å². The minimum Gasteiger partial charge on any atom is -0.336 e. The maximum absolute atomic E-state index is 12.0. The van der Waals surface area contributed by atoms with Crippen molar-refractivity contribution in [2.24, 2.45) is 0 Å². The summed E-state index contributed by atoms with van der Waals surface area (Å²) in [6.07, 6.45) is 0. The van der Waals surface area contributed by atoms with Gasteiger partial charge in [-0.25, -0.2) is 4.79 Å².